The molecular weight excluding hydrogens is 450 g/mol. The minimum absolute atomic E-state index is 0.0326. The molecule has 1 aliphatic rings. The minimum Gasteiger partial charge on any atom is -0.352 e. The number of hydrogen-bond donors (Lipinski definition) is 2. The maximum Gasteiger partial charge on any atom is 0.251 e. The zero-order chi connectivity index (χ0) is 24.9. The second-order valence-electron chi connectivity index (χ2n) is 8.90. The van der Waals surface area contributed by atoms with E-state index in [1.165, 1.54) is 33.6 Å². The van der Waals surface area contributed by atoms with Gasteiger partial charge in [-0.2, -0.15) is 4.31 Å². The van der Waals surface area contributed by atoms with Crippen LogP contribution < -0.4 is 10.6 Å². The van der Waals surface area contributed by atoms with Gasteiger partial charge in [-0.05, 0) is 79.6 Å². The summed E-state index contributed by atoms with van der Waals surface area (Å²) in [5, 5.41) is 5.75. The molecule has 2 aromatic carbocycles. The van der Waals surface area contributed by atoms with E-state index in [0.29, 0.717) is 31.6 Å². The highest BCUT2D eigenvalue weighted by atomic mass is 32.2. The van der Waals surface area contributed by atoms with Crippen LogP contribution in [-0.4, -0.2) is 50.2 Å². The van der Waals surface area contributed by atoms with E-state index in [1.807, 2.05) is 6.92 Å². The first-order valence-corrected chi connectivity index (χ1v) is 12.9. The molecular formula is C26H33N3O4S. The van der Waals surface area contributed by atoms with Gasteiger partial charge in [-0.3, -0.25) is 9.59 Å². The predicted octanol–water partition coefficient (Wildman–Crippen LogP) is 2.98. The van der Waals surface area contributed by atoms with Gasteiger partial charge in [0.25, 0.3) is 5.91 Å². The molecule has 182 valence electrons. The third-order valence-electron chi connectivity index (χ3n) is 6.41. The Kier molecular flexibility index (Phi) is 8.28. The number of sulfonamides is 1. The fraction of sp³-hybridized carbons (Fsp3) is 0.385. The Labute approximate surface area is 202 Å². The lowest BCUT2D eigenvalue weighted by molar-refractivity contribution is -0.117. The van der Waals surface area contributed by atoms with Crippen molar-refractivity contribution in [3.63, 3.8) is 0 Å². The second-order valence-corrected chi connectivity index (χ2v) is 10.8. The number of carbonyl (C=O) groups excluding carboxylic acids is 2. The number of hydrogen-bond acceptors (Lipinski definition) is 4. The summed E-state index contributed by atoms with van der Waals surface area (Å²) in [6.07, 6.45) is 2.47. The second kappa shape index (κ2) is 11.0. The van der Waals surface area contributed by atoms with Crippen molar-refractivity contribution in [2.24, 2.45) is 5.92 Å². The Morgan fingerprint density at radius 2 is 1.82 bits per heavy atom. The first-order chi connectivity index (χ1) is 16.1. The number of aryl methyl sites for hydroxylation is 2. The van der Waals surface area contributed by atoms with Gasteiger partial charge in [0.2, 0.25) is 15.9 Å². The maximum absolute atomic E-state index is 13.1. The van der Waals surface area contributed by atoms with Gasteiger partial charge in [-0.1, -0.05) is 31.7 Å². The van der Waals surface area contributed by atoms with Crippen LogP contribution in [0.3, 0.4) is 0 Å². The molecule has 0 bridgehead atoms. The average molecular weight is 484 g/mol. The molecule has 3 rings (SSSR count). The Morgan fingerprint density at radius 1 is 1.12 bits per heavy atom. The predicted molar refractivity (Wildman–Crippen MR) is 133 cm³/mol. The Hall–Kier alpha value is -2.97. The summed E-state index contributed by atoms with van der Waals surface area (Å²) in [6, 6.07) is 12.2. The number of rotatable bonds is 8. The molecule has 8 heteroatoms. The van der Waals surface area contributed by atoms with Crippen molar-refractivity contribution < 1.29 is 18.0 Å². The van der Waals surface area contributed by atoms with Crippen molar-refractivity contribution in [1.29, 1.82) is 0 Å². The van der Waals surface area contributed by atoms with Crippen LogP contribution in [-0.2, 0) is 21.2 Å². The molecule has 0 radical (unpaired) electrons. The first-order valence-electron chi connectivity index (χ1n) is 11.5. The largest absolute Gasteiger partial charge is 0.352 e. The van der Waals surface area contributed by atoms with E-state index in [-0.39, 0.29) is 28.7 Å². The van der Waals surface area contributed by atoms with Crippen LogP contribution in [0.15, 0.2) is 60.0 Å². The number of nitrogens with one attached hydrogen (secondary N) is 2. The highest BCUT2D eigenvalue weighted by Gasteiger charge is 2.34. The van der Waals surface area contributed by atoms with Gasteiger partial charge in [0.1, 0.15) is 0 Å². The minimum atomic E-state index is -3.69. The normalized spacial score (nSPS) is 18.8. The van der Waals surface area contributed by atoms with E-state index in [4.69, 9.17) is 0 Å². The van der Waals surface area contributed by atoms with Crippen molar-refractivity contribution >= 4 is 21.8 Å². The van der Waals surface area contributed by atoms with Gasteiger partial charge in [0, 0.05) is 31.2 Å². The summed E-state index contributed by atoms with van der Waals surface area (Å²) in [6.45, 7) is 10.6. The summed E-state index contributed by atoms with van der Waals surface area (Å²) < 4.78 is 27.6. The van der Waals surface area contributed by atoms with Crippen molar-refractivity contribution in [2.75, 3.05) is 19.6 Å². The van der Waals surface area contributed by atoms with Crippen LogP contribution in [0.2, 0.25) is 0 Å². The van der Waals surface area contributed by atoms with E-state index < -0.39 is 10.0 Å². The maximum atomic E-state index is 13.1. The van der Waals surface area contributed by atoms with Crippen molar-refractivity contribution in [3.05, 3.63) is 77.4 Å². The molecule has 2 amide bonds. The smallest absolute Gasteiger partial charge is 0.251 e. The third-order valence-corrected chi connectivity index (χ3v) is 8.29. The van der Waals surface area contributed by atoms with Crippen LogP contribution in [0.4, 0.5) is 0 Å². The molecule has 0 spiro atoms. The van der Waals surface area contributed by atoms with Crippen LogP contribution in [0.5, 0.6) is 0 Å². The lowest BCUT2D eigenvalue weighted by atomic mass is 9.95. The Bertz CT molecular complexity index is 1160. The molecule has 1 fully saturated rings. The van der Waals surface area contributed by atoms with Gasteiger partial charge < -0.3 is 10.6 Å². The third kappa shape index (κ3) is 6.12. The number of piperidine rings is 1. The SMILES string of the molecule is C=CC(=O)NC1CCN(S(=O)(=O)c2ccc(C(=O)NCCc3ccc(C)c(C)c3)cc2)CC1C. The standard InChI is InChI=1S/C26H33N3O4S/c1-5-25(30)28-24-13-15-29(17-20(24)4)34(32,33)23-10-8-22(9-11-23)26(31)27-14-12-21-7-6-18(2)19(3)16-21/h5-11,16,20,24H,1,12-15,17H2,2-4H3,(H,27,31)(H,28,30). The van der Waals surface area contributed by atoms with Gasteiger partial charge in [0.15, 0.2) is 0 Å². The van der Waals surface area contributed by atoms with Crippen LogP contribution in [0, 0.1) is 19.8 Å². The first kappa shape index (κ1) is 25.6. The fourth-order valence-electron chi connectivity index (χ4n) is 4.09. The average Bonchev–Trinajstić information content (AvgIpc) is 2.82. The van der Waals surface area contributed by atoms with Gasteiger partial charge in [0.05, 0.1) is 4.90 Å². The van der Waals surface area contributed by atoms with Crippen LogP contribution >= 0.6 is 0 Å². The monoisotopic (exact) mass is 483 g/mol. The van der Waals surface area contributed by atoms with E-state index >= 15 is 0 Å². The summed E-state index contributed by atoms with van der Waals surface area (Å²) in [5.41, 5.74) is 4.03. The molecule has 2 atom stereocenters. The molecule has 2 aromatic rings. The molecule has 2 N–H and O–H groups in total. The number of amides is 2. The zero-order valence-electron chi connectivity index (χ0n) is 20.0. The zero-order valence-corrected chi connectivity index (χ0v) is 20.8. The molecule has 0 aliphatic carbocycles. The highest BCUT2D eigenvalue weighted by molar-refractivity contribution is 7.89. The molecule has 1 heterocycles. The summed E-state index contributed by atoms with van der Waals surface area (Å²) >= 11 is 0. The number of carbonyl (C=O) groups is 2. The van der Waals surface area contributed by atoms with Gasteiger partial charge in [-0.25, -0.2) is 8.42 Å². The quantitative estimate of drug-likeness (QED) is 0.565. The van der Waals surface area contributed by atoms with Crippen LogP contribution in [0.1, 0.15) is 40.4 Å². The lowest BCUT2D eigenvalue weighted by Crippen LogP contribution is -2.51. The van der Waals surface area contributed by atoms with Crippen molar-refractivity contribution in [3.8, 4) is 0 Å². The molecule has 2 unspecified atom stereocenters. The Balaban J connectivity index is 1.57. The van der Waals surface area contributed by atoms with Gasteiger partial charge in [-0.15, -0.1) is 0 Å². The Morgan fingerprint density at radius 3 is 2.44 bits per heavy atom. The van der Waals surface area contributed by atoms with E-state index in [1.54, 1.807) is 12.1 Å². The molecule has 1 aliphatic heterocycles. The fourth-order valence-corrected chi connectivity index (χ4v) is 5.65. The molecule has 0 aromatic heterocycles. The molecule has 7 nitrogen and oxygen atoms in total. The number of benzene rings is 2. The molecule has 0 saturated carbocycles. The van der Waals surface area contributed by atoms with E-state index in [0.717, 1.165) is 12.0 Å². The van der Waals surface area contributed by atoms with E-state index in [9.17, 15) is 18.0 Å². The summed E-state index contributed by atoms with van der Waals surface area (Å²) in [7, 11) is -3.69. The molecule has 1 saturated heterocycles. The number of nitrogens with zero attached hydrogens (tertiary/aromatic N) is 1. The van der Waals surface area contributed by atoms with E-state index in [2.05, 4.69) is 49.3 Å². The van der Waals surface area contributed by atoms with Crippen molar-refractivity contribution in [2.45, 2.75) is 44.6 Å². The summed E-state index contributed by atoms with van der Waals surface area (Å²) in [5.74, 6) is -0.522. The highest BCUT2D eigenvalue weighted by Crippen LogP contribution is 2.24. The van der Waals surface area contributed by atoms with Gasteiger partial charge >= 0.3 is 0 Å². The summed E-state index contributed by atoms with van der Waals surface area (Å²) in [4.78, 5) is 24.2. The van der Waals surface area contributed by atoms with Crippen molar-refractivity contribution in [1.82, 2.24) is 14.9 Å². The lowest BCUT2D eigenvalue weighted by Gasteiger charge is -2.36. The topological polar surface area (TPSA) is 95.6 Å². The molecule has 34 heavy (non-hydrogen) atoms. The van der Waals surface area contributed by atoms with Crippen LogP contribution in [0.25, 0.3) is 0 Å².